The second-order valence-electron chi connectivity index (χ2n) is 8.42. The standard InChI is InChI=1S/C30H27N3O4/c1-21-6-5-9-25(20-21)28(34)31-26-14-10-23(11-15-26)29(35)32-33-30(36)24-12-16-27(17-13-24)37-19-18-22-7-3-2-4-8-22/h2-17,20H,18-19H2,1H3,(H,31,34)(H,32,35)(H,33,36). The second-order valence-corrected chi connectivity index (χ2v) is 8.42. The van der Waals surface area contributed by atoms with Crippen molar-refractivity contribution in [2.45, 2.75) is 13.3 Å². The van der Waals surface area contributed by atoms with Gasteiger partial charge in [0.05, 0.1) is 6.61 Å². The summed E-state index contributed by atoms with van der Waals surface area (Å²) < 4.78 is 5.74. The molecule has 3 amide bonds. The van der Waals surface area contributed by atoms with Crippen LogP contribution in [0.1, 0.15) is 42.2 Å². The van der Waals surface area contributed by atoms with E-state index in [-0.39, 0.29) is 5.91 Å². The van der Waals surface area contributed by atoms with Gasteiger partial charge >= 0.3 is 0 Å². The average Bonchev–Trinajstić information content (AvgIpc) is 2.93. The highest BCUT2D eigenvalue weighted by molar-refractivity contribution is 6.05. The van der Waals surface area contributed by atoms with Crippen molar-refractivity contribution in [3.05, 3.63) is 131 Å². The summed E-state index contributed by atoms with van der Waals surface area (Å²) in [6, 6.07) is 30.4. The Morgan fingerprint density at radius 1 is 0.649 bits per heavy atom. The van der Waals surface area contributed by atoms with E-state index in [0.29, 0.717) is 34.7 Å². The number of hydrogen-bond donors (Lipinski definition) is 3. The fourth-order valence-corrected chi connectivity index (χ4v) is 3.59. The molecule has 0 aliphatic heterocycles. The molecule has 7 nitrogen and oxygen atoms in total. The van der Waals surface area contributed by atoms with Crippen molar-refractivity contribution in [3.63, 3.8) is 0 Å². The highest BCUT2D eigenvalue weighted by atomic mass is 16.5. The predicted octanol–water partition coefficient (Wildman–Crippen LogP) is 4.94. The zero-order valence-electron chi connectivity index (χ0n) is 20.4. The molecule has 0 spiro atoms. The lowest BCUT2D eigenvalue weighted by Crippen LogP contribution is -2.41. The minimum Gasteiger partial charge on any atom is -0.493 e. The Balaban J connectivity index is 1.23. The minimum atomic E-state index is -0.481. The van der Waals surface area contributed by atoms with Crippen LogP contribution in [0.25, 0.3) is 0 Å². The van der Waals surface area contributed by atoms with Crippen LogP contribution in [0.4, 0.5) is 5.69 Å². The van der Waals surface area contributed by atoms with Crippen LogP contribution >= 0.6 is 0 Å². The summed E-state index contributed by atoms with van der Waals surface area (Å²) in [6.45, 7) is 2.45. The van der Waals surface area contributed by atoms with Crippen LogP contribution in [0.5, 0.6) is 5.75 Å². The van der Waals surface area contributed by atoms with Gasteiger partial charge in [-0.15, -0.1) is 0 Å². The molecular weight excluding hydrogens is 466 g/mol. The fraction of sp³-hybridized carbons (Fsp3) is 0.100. The molecule has 0 aromatic heterocycles. The van der Waals surface area contributed by atoms with Gasteiger partial charge in [0, 0.05) is 28.8 Å². The number of hydrazine groups is 1. The highest BCUT2D eigenvalue weighted by Crippen LogP contribution is 2.14. The van der Waals surface area contributed by atoms with Gasteiger partial charge in [0.25, 0.3) is 17.7 Å². The average molecular weight is 494 g/mol. The number of nitrogens with one attached hydrogen (secondary N) is 3. The zero-order chi connectivity index (χ0) is 26.0. The highest BCUT2D eigenvalue weighted by Gasteiger charge is 2.11. The van der Waals surface area contributed by atoms with Gasteiger partial charge < -0.3 is 10.1 Å². The number of ether oxygens (including phenoxy) is 1. The van der Waals surface area contributed by atoms with E-state index >= 15 is 0 Å². The van der Waals surface area contributed by atoms with E-state index in [1.54, 1.807) is 60.7 Å². The third-order valence-corrected chi connectivity index (χ3v) is 5.59. The molecule has 0 saturated heterocycles. The zero-order valence-corrected chi connectivity index (χ0v) is 20.4. The maximum absolute atomic E-state index is 12.4. The lowest BCUT2D eigenvalue weighted by molar-refractivity contribution is 0.0846. The first-order chi connectivity index (χ1) is 18.0. The molecule has 0 unspecified atom stereocenters. The maximum Gasteiger partial charge on any atom is 0.269 e. The molecule has 186 valence electrons. The molecule has 0 fully saturated rings. The fourth-order valence-electron chi connectivity index (χ4n) is 3.59. The largest absolute Gasteiger partial charge is 0.493 e. The molecule has 4 aromatic rings. The maximum atomic E-state index is 12.4. The number of anilines is 1. The molecular formula is C30H27N3O4. The Kier molecular flexibility index (Phi) is 8.29. The molecule has 0 atom stereocenters. The summed E-state index contributed by atoms with van der Waals surface area (Å²) in [6.07, 6.45) is 0.787. The molecule has 4 aromatic carbocycles. The first-order valence-corrected chi connectivity index (χ1v) is 11.8. The first-order valence-electron chi connectivity index (χ1n) is 11.8. The number of rotatable bonds is 8. The lowest BCUT2D eigenvalue weighted by Gasteiger charge is -2.10. The van der Waals surface area contributed by atoms with Gasteiger partial charge in [0.2, 0.25) is 0 Å². The van der Waals surface area contributed by atoms with Crippen molar-refractivity contribution in [1.29, 1.82) is 0 Å². The summed E-state index contributed by atoms with van der Waals surface area (Å²) in [4.78, 5) is 37.2. The predicted molar refractivity (Wildman–Crippen MR) is 143 cm³/mol. The monoisotopic (exact) mass is 493 g/mol. The molecule has 4 rings (SSSR count). The Bertz CT molecular complexity index is 1370. The van der Waals surface area contributed by atoms with E-state index in [1.165, 1.54) is 5.56 Å². The van der Waals surface area contributed by atoms with Crippen LogP contribution in [0.2, 0.25) is 0 Å². The quantitative estimate of drug-likeness (QED) is 0.303. The summed E-state index contributed by atoms with van der Waals surface area (Å²) in [5, 5.41) is 2.80. The number of hydrogen-bond acceptors (Lipinski definition) is 4. The number of benzene rings is 4. The molecule has 0 aliphatic carbocycles. The molecule has 3 N–H and O–H groups in total. The Labute approximate surface area is 215 Å². The number of aryl methyl sites for hydroxylation is 1. The van der Waals surface area contributed by atoms with Crippen molar-refractivity contribution < 1.29 is 19.1 Å². The van der Waals surface area contributed by atoms with Crippen LogP contribution in [-0.4, -0.2) is 24.3 Å². The van der Waals surface area contributed by atoms with Gasteiger partial charge in [0.1, 0.15) is 5.75 Å². The third kappa shape index (κ3) is 7.29. The molecule has 0 aliphatic rings. The van der Waals surface area contributed by atoms with E-state index in [9.17, 15) is 14.4 Å². The molecule has 7 heteroatoms. The second kappa shape index (κ2) is 12.2. The van der Waals surface area contributed by atoms with Crippen LogP contribution in [0.3, 0.4) is 0 Å². The number of amides is 3. The first kappa shape index (κ1) is 25.2. The van der Waals surface area contributed by atoms with Crippen molar-refractivity contribution in [1.82, 2.24) is 10.9 Å². The van der Waals surface area contributed by atoms with Gasteiger partial charge in [-0.1, -0.05) is 48.0 Å². The summed E-state index contributed by atoms with van der Waals surface area (Å²) in [7, 11) is 0. The molecule has 37 heavy (non-hydrogen) atoms. The van der Waals surface area contributed by atoms with Crippen molar-refractivity contribution in [2.75, 3.05) is 11.9 Å². The van der Waals surface area contributed by atoms with Crippen LogP contribution < -0.4 is 20.9 Å². The van der Waals surface area contributed by atoms with Gasteiger partial charge in [-0.3, -0.25) is 25.2 Å². The van der Waals surface area contributed by atoms with Gasteiger partial charge in [-0.2, -0.15) is 0 Å². The summed E-state index contributed by atoms with van der Waals surface area (Å²) >= 11 is 0. The van der Waals surface area contributed by atoms with Crippen LogP contribution in [-0.2, 0) is 6.42 Å². The smallest absolute Gasteiger partial charge is 0.269 e. The minimum absolute atomic E-state index is 0.235. The molecule has 0 saturated carbocycles. The van der Waals surface area contributed by atoms with Gasteiger partial charge in [0.15, 0.2) is 0 Å². The Morgan fingerprint density at radius 2 is 1.27 bits per heavy atom. The number of carbonyl (C=O) groups is 3. The van der Waals surface area contributed by atoms with Crippen molar-refractivity contribution in [3.8, 4) is 5.75 Å². The van der Waals surface area contributed by atoms with Crippen molar-refractivity contribution >= 4 is 23.4 Å². The van der Waals surface area contributed by atoms with Gasteiger partial charge in [-0.05, 0) is 73.2 Å². The summed E-state index contributed by atoms with van der Waals surface area (Å²) in [5.41, 5.74) is 8.80. The topological polar surface area (TPSA) is 96.5 Å². The normalized spacial score (nSPS) is 10.3. The Hall–Kier alpha value is -4.91. The third-order valence-electron chi connectivity index (χ3n) is 5.59. The lowest BCUT2D eigenvalue weighted by atomic mass is 10.1. The van der Waals surface area contributed by atoms with E-state index in [4.69, 9.17) is 4.74 Å². The van der Waals surface area contributed by atoms with E-state index in [2.05, 4.69) is 16.2 Å². The van der Waals surface area contributed by atoms with Crippen LogP contribution in [0, 0.1) is 6.92 Å². The Morgan fingerprint density at radius 3 is 1.89 bits per heavy atom. The van der Waals surface area contributed by atoms with Crippen LogP contribution in [0.15, 0.2) is 103 Å². The number of carbonyl (C=O) groups excluding carboxylic acids is 3. The molecule has 0 bridgehead atoms. The van der Waals surface area contributed by atoms with Gasteiger partial charge in [-0.25, -0.2) is 0 Å². The SMILES string of the molecule is Cc1cccc(C(=O)Nc2ccc(C(=O)NNC(=O)c3ccc(OCCc4ccccc4)cc3)cc2)c1. The molecule has 0 heterocycles. The summed E-state index contributed by atoms with van der Waals surface area (Å²) in [5.74, 6) is -0.510. The van der Waals surface area contributed by atoms with E-state index in [1.807, 2.05) is 49.4 Å². The van der Waals surface area contributed by atoms with Crippen molar-refractivity contribution in [2.24, 2.45) is 0 Å². The molecule has 0 radical (unpaired) electrons. The van der Waals surface area contributed by atoms with E-state index in [0.717, 1.165) is 12.0 Å². The van der Waals surface area contributed by atoms with E-state index < -0.39 is 11.8 Å².